The first-order valence-corrected chi connectivity index (χ1v) is 13.3. The maximum Gasteiger partial charge on any atom is 0.318 e. The van der Waals surface area contributed by atoms with Gasteiger partial charge in [0.25, 0.3) is 0 Å². The van der Waals surface area contributed by atoms with Crippen LogP contribution in [0.25, 0.3) is 11.5 Å². The third kappa shape index (κ3) is 4.72. The third-order valence-electron chi connectivity index (χ3n) is 7.28. The lowest BCUT2D eigenvalue weighted by Crippen LogP contribution is -2.42. The highest BCUT2D eigenvalue weighted by Gasteiger charge is 2.36. The van der Waals surface area contributed by atoms with Gasteiger partial charge in [0.05, 0.1) is 29.7 Å². The fraction of sp³-hybridized carbons (Fsp3) is 0.188. The van der Waals surface area contributed by atoms with Crippen LogP contribution in [-0.4, -0.2) is 31.8 Å². The lowest BCUT2D eigenvalue weighted by Gasteiger charge is -2.31. The number of aromatic nitrogens is 3. The number of benzene rings is 3. The predicted molar refractivity (Wildman–Crippen MR) is 150 cm³/mol. The van der Waals surface area contributed by atoms with Gasteiger partial charge < -0.3 is 14.8 Å². The molecule has 2 aromatic heterocycles. The van der Waals surface area contributed by atoms with Crippen LogP contribution in [0.2, 0.25) is 0 Å². The molecule has 39 heavy (non-hydrogen) atoms. The molecule has 1 atom stereocenters. The fourth-order valence-corrected chi connectivity index (χ4v) is 5.40. The van der Waals surface area contributed by atoms with Crippen molar-refractivity contribution in [3.63, 3.8) is 0 Å². The van der Waals surface area contributed by atoms with Gasteiger partial charge in [0.1, 0.15) is 11.6 Å². The van der Waals surface area contributed by atoms with Crippen molar-refractivity contribution in [2.75, 3.05) is 6.54 Å². The molecule has 7 heteroatoms. The van der Waals surface area contributed by atoms with E-state index in [0.717, 1.165) is 52.4 Å². The van der Waals surface area contributed by atoms with Crippen molar-refractivity contribution in [1.29, 1.82) is 0 Å². The summed E-state index contributed by atoms with van der Waals surface area (Å²) in [5, 5.41) is 8.14. The number of para-hydroxylation sites is 1. The summed E-state index contributed by atoms with van der Waals surface area (Å²) in [6.45, 7) is 2.96. The van der Waals surface area contributed by atoms with Crippen LogP contribution in [0.3, 0.4) is 0 Å². The normalized spacial score (nSPS) is 14.4. The maximum atomic E-state index is 13.9. The highest BCUT2D eigenvalue weighted by atomic mass is 19.1. The van der Waals surface area contributed by atoms with Crippen LogP contribution in [0, 0.1) is 5.82 Å². The lowest BCUT2D eigenvalue weighted by molar-refractivity contribution is 0.180. The Hall–Kier alpha value is -4.65. The number of nitrogens with zero attached hydrogens (tertiary/aromatic N) is 4. The third-order valence-corrected chi connectivity index (χ3v) is 7.28. The number of nitrogens with one attached hydrogen (secondary N) is 1. The molecule has 1 aliphatic rings. The molecule has 5 aromatic rings. The van der Waals surface area contributed by atoms with Gasteiger partial charge in [-0.1, -0.05) is 67.6 Å². The van der Waals surface area contributed by atoms with E-state index in [4.69, 9.17) is 5.10 Å². The van der Waals surface area contributed by atoms with Gasteiger partial charge in [-0.05, 0) is 60.4 Å². The van der Waals surface area contributed by atoms with E-state index in [1.807, 2.05) is 76.4 Å². The van der Waals surface area contributed by atoms with Crippen LogP contribution in [0.5, 0.6) is 0 Å². The molecule has 0 saturated carbocycles. The number of carbonyl (C=O) groups excluding carboxylic acids is 1. The predicted octanol–water partition coefficient (Wildman–Crippen LogP) is 6.22. The van der Waals surface area contributed by atoms with Crippen LogP contribution >= 0.6 is 0 Å². The molecule has 0 saturated heterocycles. The average Bonchev–Trinajstić information content (AvgIpc) is 3.56. The van der Waals surface area contributed by atoms with Gasteiger partial charge in [-0.15, -0.1) is 0 Å². The Bertz CT molecular complexity index is 1570. The van der Waals surface area contributed by atoms with Crippen LogP contribution in [0.4, 0.5) is 9.18 Å². The van der Waals surface area contributed by atoms with Gasteiger partial charge in [-0.3, -0.25) is 0 Å². The smallest absolute Gasteiger partial charge is 0.318 e. The second kappa shape index (κ2) is 10.6. The highest BCUT2D eigenvalue weighted by molar-refractivity contribution is 5.76. The molecule has 1 aliphatic heterocycles. The minimum Gasteiger partial charge on any atom is -0.338 e. The number of amides is 2. The molecule has 0 bridgehead atoms. The van der Waals surface area contributed by atoms with Gasteiger partial charge in [0.2, 0.25) is 0 Å². The number of halogens is 1. The minimum atomic E-state index is -0.418. The highest BCUT2D eigenvalue weighted by Crippen LogP contribution is 2.38. The number of hydrogen-bond acceptors (Lipinski definition) is 2. The Labute approximate surface area is 227 Å². The molecule has 3 aromatic carbocycles. The summed E-state index contributed by atoms with van der Waals surface area (Å²) >= 11 is 0. The maximum absolute atomic E-state index is 13.9. The van der Waals surface area contributed by atoms with Gasteiger partial charge in [0.15, 0.2) is 0 Å². The second-order valence-corrected chi connectivity index (χ2v) is 9.70. The van der Waals surface area contributed by atoms with Crippen molar-refractivity contribution in [1.82, 2.24) is 24.6 Å². The Kier molecular flexibility index (Phi) is 6.71. The first-order valence-electron chi connectivity index (χ1n) is 13.3. The SMILES string of the molecule is CCc1nn(-c2ccccc2)c2c1CN(C(=O)NCCc1ccccc1)C(c1ccc(F)cc1)c1cccn1-2. The zero-order valence-corrected chi connectivity index (χ0v) is 21.8. The minimum absolute atomic E-state index is 0.171. The van der Waals surface area contributed by atoms with E-state index < -0.39 is 6.04 Å². The number of aryl methyl sites for hydroxylation is 1. The van der Waals surface area contributed by atoms with E-state index >= 15 is 0 Å². The van der Waals surface area contributed by atoms with E-state index in [1.165, 1.54) is 12.1 Å². The summed E-state index contributed by atoms with van der Waals surface area (Å²) in [4.78, 5) is 15.8. The molecule has 3 heterocycles. The molecule has 196 valence electrons. The van der Waals surface area contributed by atoms with Crippen LogP contribution in [0.1, 0.15) is 41.0 Å². The van der Waals surface area contributed by atoms with Gasteiger partial charge in [0, 0.05) is 18.3 Å². The molecule has 0 aliphatic carbocycles. The van der Waals surface area contributed by atoms with Gasteiger partial charge >= 0.3 is 6.03 Å². The zero-order chi connectivity index (χ0) is 26.8. The molecule has 0 fully saturated rings. The van der Waals surface area contributed by atoms with E-state index in [-0.39, 0.29) is 11.8 Å². The number of fused-ring (bicyclic) bond motifs is 3. The molecule has 2 amide bonds. The summed E-state index contributed by atoms with van der Waals surface area (Å²) < 4.78 is 18.0. The van der Waals surface area contributed by atoms with Gasteiger partial charge in [-0.2, -0.15) is 5.10 Å². The van der Waals surface area contributed by atoms with Crippen molar-refractivity contribution >= 4 is 6.03 Å². The second-order valence-electron chi connectivity index (χ2n) is 9.70. The fourth-order valence-electron chi connectivity index (χ4n) is 5.40. The molecular weight excluding hydrogens is 489 g/mol. The van der Waals surface area contributed by atoms with E-state index in [0.29, 0.717) is 13.1 Å². The monoisotopic (exact) mass is 519 g/mol. The first-order chi connectivity index (χ1) is 19.1. The van der Waals surface area contributed by atoms with Crippen molar-refractivity contribution in [2.24, 2.45) is 0 Å². The lowest BCUT2D eigenvalue weighted by atomic mass is 10.0. The number of carbonyl (C=O) groups is 1. The van der Waals surface area contributed by atoms with E-state index in [9.17, 15) is 9.18 Å². The number of urea groups is 1. The Balaban J connectivity index is 1.45. The first kappa shape index (κ1) is 24.7. The molecule has 0 spiro atoms. The summed E-state index contributed by atoms with van der Waals surface area (Å²) in [5.74, 6) is 0.614. The standard InChI is InChI=1S/C32H30FN5O/c1-2-28-27-22-37(32(39)34-20-19-23-10-5-3-6-11-23)30(24-15-17-25(33)18-16-24)29-14-9-21-36(29)31(27)38(35-28)26-12-7-4-8-13-26/h3-18,21,30H,2,19-20,22H2,1H3,(H,34,39). The molecule has 1 N–H and O–H groups in total. The summed E-state index contributed by atoms with van der Waals surface area (Å²) in [6, 6.07) is 30.0. The van der Waals surface area contributed by atoms with E-state index in [1.54, 1.807) is 12.1 Å². The number of hydrogen-bond donors (Lipinski definition) is 1. The van der Waals surface area contributed by atoms with Crippen LogP contribution in [-0.2, 0) is 19.4 Å². The number of rotatable bonds is 6. The molecule has 6 nitrogen and oxygen atoms in total. The average molecular weight is 520 g/mol. The van der Waals surface area contributed by atoms with E-state index in [2.05, 4.69) is 28.9 Å². The van der Waals surface area contributed by atoms with Crippen molar-refractivity contribution in [3.05, 3.63) is 137 Å². The largest absolute Gasteiger partial charge is 0.338 e. The molecule has 1 unspecified atom stereocenters. The summed E-state index contributed by atoms with van der Waals surface area (Å²) in [6.07, 6.45) is 3.47. The molecular formula is C32H30FN5O. The van der Waals surface area contributed by atoms with Crippen molar-refractivity contribution in [3.8, 4) is 11.5 Å². The van der Waals surface area contributed by atoms with Crippen molar-refractivity contribution < 1.29 is 9.18 Å². The Morgan fingerprint density at radius 3 is 2.38 bits per heavy atom. The molecule has 6 rings (SSSR count). The Morgan fingerprint density at radius 2 is 1.67 bits per heavy atom. The zero-order valence-electron chi connectivity index (χ0n) is 21.8. The topological polar surface area (TPSA) is 55.1 Å². The summed E-state index contributed by atoms with van der Waals surface area (Å²) in [7, 11) is 0. The van der Waals surface area contributed by atoms with Crippen LogP contribution < -0.4 is 5.32 Å². The van der Waals surface area contributed by atoms with Crippen LogP contribution in [0.15, 0.2) is 103 Å². The quantitative estimate of drug-likeness (QED) is 0.290. The van der Waals surface area contributed by atoms with Gasteiger partial charge in [-0.25, -0.2) is 13.9 Å². The van der Waals surface area contributed by atoms with Crippen molar-refractivity contribution in [2.45, 2.75) is 32.4 Å². The molecule has 0 radical (unpaired) electrons. The Morgan fingerprint density at radius 1 is 0.949 bits per heavy atom. The summed E-state index contributed by atoms with van der Waals surface area (Å²) in [5.41, 5.74) is 5.82.